The van der Waals surface area contributed by atoms with Gasteiger partial charge in [0.15, 0.2) is 0 Å². The number of rotatable bonds is 5. The standard InChI is InChI=1S/C27H21NO5S/c1-33-27(32)22-15-34-25-24(17-9-11-18(12-10-17)26(30)31)20(14-23(29)28(22)25)13-19-7-4-6-16-5-2-3-8-21(16)19/h2-12,14,22H,13,15H2,1H3,(H,30,31)/t22-/m0/s1. The van der Waals surface area contributed by atoms with Crippen LogP contribution in [0.1, 0.15) is 27.5 Å². The summed E-state index contributed by atoms with van der Waals surface area (Å²) in [6, 6.07) is 21.7. The van der Waals surface area contributed by atoms with Crippen LogP contribution in [0.25, 0.3) is 21.9 Å². The Morgan fingerprint density at radius 3 is 2.50 bits per heavy atom. The summed E-state index contributed by atoms with van der Waals surface area (Å²) in [5, 5.41) is 12.2. The number of carboxylic acid groups (broad SMARTS) is 1. The zero-order valence-corrected chi connectivity index (χ0v) is 19.2. The topological polar surface area (TPSA) is 85.6 Å². The minimum Gasteiger partial charge on any atom is -0.478 e. The van der Waals surface area contributed by atoms with Crippen molar-refractivity contribution in [2.75, 3.05) is 12.9 Å². The Morgan fingerprint density at radius 2 is 1.76 bits per heavy atom. The number of hydrogen-bond donors (Lipinski definition) is 1. The molecule has 0 bridgehead atoms. The van der Waals surface area contributed by atoms with E-state index in [2.05, 4.69) is 24.3 Å². The Labute approximate surface area is 199 Å². The lowest BCUT2D eigenvalue weighted by atomic mass is 9.93. The molecule has 170 valence electrons. The summed E-state index contributed by atoms with van der Waals surface area (Å²) in [5.41, 5.74) is 3.47. The average molecular weight is 472 g/mol. The molecule has 6 nitrogen and oxygen atoms in total. The van der Waals surface area contributed by atoms with Gasteiger partial charge in [-0.05, 0) is 46.0 Å². The van der Waals surface area contributed by atoms with Gasteiger partial charge >= 0.3 is 11.9 Å². The van der Waals surface area contributed by atoms with Gasteiger partial charge in [-0.2, -0.15) is 0 Å². The van der Waals surface area contributed by atoms with Crippen LogP contribution in [-0.2, 0) is 16.0 Å². The molecule has 0 saturated carbocycles. The van der Waals surface area contributed by atoms with E-state index in [4.69, 9.17) is 4.74 Å². The molecule has 0 radical (unpaired) electrons. The highest BCUT2D eigenvalue weighted by molar-refractivity contribution is 7.99. The van der Waals surface area contributed by atoms with Gasteiger partial charge in [0.1, 0.15) is 6.04 Å². The van der Waals surface area contributed by atoms with Crippen molar-refractivity contribution < 1.29 is 19.4 Å². The van der Waals surface area contributed by atoms with E-state index in [9.17, 15) is 19.5 Å². The van der Waals surface area contributed by atoms with E-state index in [1.54, 1.807) is 30.3 Å². The highest BCUT2D eigenvalue weighted by atomic mass is 32.2. The maximum atomic E-state index is 13.2. The third-order valence-electron chi connectivity index (χ3n) is 6.13. The Hall–Kier alpha value is -3.84. The number of pyridine rings is 1. The number of hydrogen-bond acceptors (Lipinski definition) is 5. The summed E-state index contributed by atoms with van der Waals surface area (Å²) < 4.78 is 6.43. The third kappa shape index (κ3) is 3.78. The van der Waals surface area contributed by atoms with Gasteiger partial charge in [-0.1, -0.05) is 54.6 Å². The molecule has 0 fully saturated rings. The molecular formula is C27H21NO5S. The van der Waals surface area contributed by atoms with Gasteiger partial charge in [0.05, 0.1) is 17.7 Å². The summed E-state index contributed by atoms with van der Waals surface area (Å²) in [7, 11) is 1.32. The minimum absolute atomic E-state index is 0.184. The van der Waals surface area contributed by atoms with E-state index in [0.29, 0.717) is 17.2 Å². The molecule has 1 N–H and O–H groups in total. The van der Waals surface area contributed by atoms with Gasteiger partial charge in [0.25, 0.3) is 5.56 Å². The van der Waals surface area contributed by atoms with Crippen LogP contribution in [0.15, 0.2) is 82.6 Å². The van der Waals surface area contributed by atoms with Crippen LogP contribution >= 0.6 is 11.8 Å². The van der Waals surface area contributed by atoms with Crippen LogP contribution in [0.3, 0.4) is 0 Å². The molecule has 1 aliphatic rings. The molecule has 0 saturated heterocycles. The molecule has 34 heavy (non-hydrogen) atoms. The number of methoxy groups -OCH3 is 1. The number of nitrogens with zero attached hydrogens (tertiary/aromatic N) is 1. The lowest BCUT2D eigenvalue weighted by Gasteiger charge is -2.18. The second-order valence-electron chi connectivity index (χ2n) is 8.11. The number of aromatic nitrogens is 1. The van der Waals surface area contributed by atoms with Crippen molar-refractivity contribution >= 4 is 34.5 Å². The van der Waals surface area contributed by atoms with Crippen LogP contribution < -0.4 is 5.56 Å². The predicted molar refractivity (Wildman–Crippen MR) is 132 cm³/mol. The number of carbonyl (C=O) groups is 2. The average Bonchev–Trinajstić information content (AvgIpc) is 3.30. The molecule has 1 aromatic heterocycles. The summed E-state index contributed by atoms with van der Waals surface area (Å²) in [5.74, 6) is -1.06. The molecule has 4 aromatic rings. The van der Waals surface area contributed by atoms with Gasteiger partial charge in [-0.3, -0.25) is 9.36 Å². The summed E-state index contributed by atoms with van der Waals surface area (Å²) in [6.45, 7) is 0. The first-order valence-corrected chi connectivity index (χ1v) is 11.8. The van der Waals surface area contributed by atoms with E-state index >= 15 is 0 Å². The number of ether oxygens (including phenoxy) is 1. The van der Waals surface area contributed by atoms with Crippen LogP contribution in [0.4, 0.5) is 0 Å². The van der Waals surface area contributed by atoms with Gasteiger partial charge in [-0.15, -0.1) is 11.8 Å². The summed E-state index contributed by atoms with van der Waals surface area (Å²) >= 11 is 1.44. The number of esters is 1. The number of aromatic carboxylic acids is 1. The number of fused-ring (bicyclic) bond motifs is 2. The van der Waals surface area contributed by atoms with Crippen LogP contribution in [0, 0.1) is 0 Å². The number of thioether (sulfide) groups is 1. The van der Waals surface area contributed by atoms with Crippen molar-refractivity contribution in [1.82, 2.24) is 4.57 Å². The van der Waals surface area contributed by atoms with Crippen LogP contribution in [0.2, 0.25) is 0 Å². The predicted octanol–water partition coefficient (Wildman–Crippen LogP) is 4.78. The molecule has 0 spiro atoms. The lowest BCUT2D eigenvalue weighted by Crippen LogP contribution is -2.30. The van der Waals surface area contributed by atoms with Crippen LogP contribution in [0.5, 0.6) is 0 Å². The second-order valence-corrected chi connectivity index (χ2v) is 9.11. The largest absolute Gasteiger partial charge is 0.478 e. The van der Waals surface area contributed by atoms with Crippen molar-refractivity contribution in [2.45, 2.75) is 17.5 Å². The van der Waals surface area contributed by atoms with Crippen LogP contribution in [-0.4, -0.2) is 34.5 Å². The quantitative estimate of drug-likeness (QED) is 0.422. The van der Waals surface area contributed by atoms with Gasteiger partial charge in [-0.25, -0.2) is 9.59 Å². The lowest BCUT2D eigenvalue weighted by molar-refractivity contribution is -0.143. The first kappa shape index (κ1) is 22.0. The van der Waals surface area contributed by atoms with Crippen molar-refractivity contribution in [3.63, 3.8) is 0 Å². The molecule has 2 heterocycles. The van der Waals surface area contributed by atoms with Gasteiger partial charge in [0.2, 0.25) is 0 Å². The highest BCUT2D eigenvalue weighted by Gasteiger charge is 2.34. The first-order valence-electron chi connectivity index (χ1n) is 10.8. The monoisotopic (exact) mass is 471 g/mol. The highest BCUT2D eigenvalue weighted by Crippen LogP contribution is 2.42. The Kier molecular flexibility index (Phi) is 5.71. The molecule has 0 amide bonds. The molecule has 0 aliphatic carbocycles. The molecule has 7 heteroatoms. The first-order chi connectivity index (χ1) is 16.5. The maximum Gasteiger partial charge on any atom is 0.335 e. The van der Waals surface area contributed by atoms with Crippen molar-refractivity contribution in [2.24, 2.45) is 0 Å². The van der Waals surface area contributed by atoms with E-state index in [1.165, 1.54) is 23.4 Å². The Balaban J connectivity index is 1.71. The Morgan fingerprint density at radius 1 is 1.03 bits per heavy atom. The maximum absolute atomic E-state index is 13.2. The molecule has 1 aliphatic heterocycles. The van der Waals surface area contributed by atoms with E-state index < -0.39 is 18.0 Å². The fourth-order valence-corrected chi connectivity index (χ4v) is 5.86. The summed E-state index contributed by atoms with van der Waals surface area (Å²) in [6.07, 6.45) is 0.518. The van der Waals surface area contributed by atoms with E-state index in [0.717, 1.165) is 33.0 Å². The van der Waals surface area contributed by atoms with E-state index in [1.807, 2.05) is 18.2 Å². The second kappa shape index (κ2) is 8.83. The molecule has 5 rings (SSSR count). The van der Waals surface area contributed by atoms with Gasteiger partial charge in [0, 0.05) is 17.4 Å². The Bertz CT molecular complexity index is 1480. The SMILES string of the molecule is COC(=O)[C@@H]1CSc2c(-c3ccc(C(=O)O)cc3)c(Cc3cccc4ccccc34)cc(=O)n21. The molecule has 0 unspecified atom stereocenters. The van der Waals surface area contributed by atoms with Crippen molar-refractivity contribution in [3.05, 3.63) is 99.8 Å². The molecular weight excluding hydrogens is 450 g/mol. The summed E-state index contributed by atoms with van der Waals surface area (Å²) in [4.78, 5) is 36.9. The number of carboxylic acids is 1. The molecule has 3 aromatic carbocycles. The number of benzene rings is 3. The zero-order valence-electron chi connectivity index (χ0n) is 18.4. The molecule has 1 atom stereocenters. The van der Waals surface area contributed by atoms with E-state index in [-0.39, 0.29) is 11.1 Å². The fourth-order valence-electron chi connectivity index (χ4n) is 4.51. The zero-order chi connectivity index (χ0) is 23.8. The van der Waals surface area contributed by atoms with Crippen molar-refractivity contribution in [3.8, 4) is 11.1 Å². The normalized spacial score (nSPS) is 14.7. The minimum atomic E-state index is -1.00. The fraction of sp³-hybridized carbons (Fsp3) is 0.148. The number of carbonyl (C=O) groups excluding carboxylic acids is 1. The van der Waals surface area contributed by atoms with Crippen molar-refractivity contribution in [1.29, 1.82) is 0 Å². The smallest absolute Gasteiger partial charge is 0.335 e. The third-order valence-corrected chi connectivity index (χ3v) is 7.29. The van der Waals surface area contributed by atoms with Gasteiger partial charge < -0.3 is 9.84 Å².